The highest BCUT2D eigenvalue weighted by Gasteiger charge is 2.03. The van der Waals surface area contributed by atoms with Gasteiger partial charge in [0.05, 0.1) is 5.56 Å². The van der Waals surface area contributed by atoms with Gasteiger partial charge in [0.25, 0.3) is 0 Å². The first kappa shape index (κ1) is 12.8. The van der Waals surface area contributed by atoms with Crippen LogP contribution in [0.1, 0.15) is 42.1 Å². The van der Waals surface area contributed by atoms with Gasteiger partial charge in [-0.05, 0) is 24.3 Å². The molecule has 0 atom stereocenters. The number of thioether (sulfide) groups is 1. The van der Waals surface area contributed by atoms with Crippen molar-refractivity contribution in [3.8, 4) is 6.07 Å². The maximum absolute atomic E-state index is 10.6. The van der Waals surface area contributed by atoms with Crippen molar-refractivity contribution in [1.29, 1.82) is 5.26 Å². The molecule has 84 valence electrons. The van der Waals surface area contributed by atoms with E-state index in [1.807, 2.05) is 6.07 Å². The number of benzene rings is 1. The lowest BCUT2D eigenvalue weighted by Crippen LogP contribution is -1.87. The summed E-state index contributed by atoms with van der Waals surface area (Å²) in [7, 11) is 0. The molecule has 0 spiro atoms. The summed E-state index contributed by atoms with van der Waals surface area (Å²) in [6.45, 7) is 2.17. The number of hydrogen-bond donors (Lipinski definition) is 0. The van der Waals surface area contributed by atoms with Crippen molar-refractivity contribution in [3.05, 3.63) is 29.3 Å². The standard InChI is InChI=1S/C13H15NOS/c1-2-3-4-7-16-13-6-5-11(10-15)8-12(13)9-14/h5-6,8,10H,2-4,7H2,1H3. The number of rotatable bonds is 6. The first-order valence-corrected chi connectivity index (χ1v) is 6.42. The van der Waals surface area contributed by atoms with Gasteiger partial charge in [0.15, 0.2) is 0 Å². The fourth-order valence-corrected chi connectivity index (χ4v) is 2.36. The molecule has 0 aliphatic rings. The van der Waals surface area contributed by atoms with Gasteiger partial charge in [-0.1, -0.05) is 25.8 Å². The van der Waals surface area contributed by atoms with E-state index < -0.39 is 0 Å². The van der Waals surface area contributed by atoms with Crippen LogP contribution in [0.3, 0.4) is 0 Å². The topological polar surface area (TPSA) is 40.9 Å². The third-order valence-corrected chi connectivity index (χ3v) is 3.43. The van der Waals surface area contributed by atoms with E-state index >= 15 is 0 Å². The van der Waals surface area contributed by atoms with Gasteiger partial charge in [-0.3, -0.25) is 4.79 Å². The number of carbonyl (C=O) groups is 1. The molecule has 0 aliphatic carbocycles. The van der Waals surface area contributed by atoms with Gasteiger partial charge in [-0.25, -0.2) is 0 Å². The Labute approximate surface area is 101 Å². The highest BCUT2D eigenvalue weighted by molar-refractivity contribution is 7.99. The molecule has 3 heteroatoms. The number of nitrogens with zero attached hydrogens (tertiary/aromatic N) is 1. The fourth-order valence-electron chi connectivity index (χ4n) is 1.37. The summed E-state index contributed by atoms with van der Waals surface area (Å²) in [5, 5.41) is 8.96. The van der Waals surface area contributed by atoms with Crippen LogP contribution in [0, 0.1) is 11.3 Å². The average molecular weight is 233 g/mol. The summed E-state index contributed by atoms with van der Waals surface area (Å²) in [5.41, 5.74) is 1.17. The molecule has 0 fully saturated rings. The summed E-state index contributed by atoms with van der Waals surface area (Å²) < 4.78 is 0. The smallest absolute Gasteiger partial charge is 0.150 e. The Morgan fingerprint density at radius 1 is 1.44 bits per heavy atom. The van der Waals surface area contributed by atoms with Gasteiger partial charge in [0, 0.05) is 10.5 Å². The van der Waals surface area contributed by atoms with Gasteiger partial charge >= 0.3 is 0 Å². The molecule has 0 saturated heterocycles. The second-order valence-electron chi connectivity index (χ2n) is 3.54. The normalized spacial score (nSPS) is 9.75. The summed E-state index contributed by atoms with van der Waals surface area (Å²) in [6.07, 6.45) is 4.37. The van der Waals surface area contributed by atoms with Crippen LogP contribution in [0.5, 0.6) is 0 Å². The molecular formula is C13H15NOS. The minimum absolute atomic E-state index is 0.564. The van der Waals surface area contributed by atoms with Crippen LogP contribution in [0.15, 0.2) is 23.1 Å². The van der Waals surface area contributed by atoms with Crippen molar-refractivity contribution in [2.75, 3.05) is 5.75 Å². The molecule has 2 nitrogen and oxygen atoms in total. The molecule has 0 unspecified atom stereocenters. The minimum Gasteiger partial charge on any atom is -0.298 e. The molecule has 16 heavy (non-hydrogen) atoms. The minimum atomic E-state index is 0.564. The second-order valence-corrected chi connectivity index (χ2v) is 4.68. The van der Waals surface area contributed by atoms with E-state index in [0.717, 1.165) is 16.9 Å². The molecule has 0 aliphatic heterocycles. The van der Waals surface area contributed by atoms with Gasteiger partial charge < -0.3 is 0 Å². The predicted octanol–water partition coefficient (Wildman–Crippen LogP) is 3.65. The van der Waals surface area contributed by atoms with Crippen LogP contribution in [0.4, 0.5) is 0 Å². The third-order valence-electron chi connectivity index (χ3n) is 2.27. The SMILES string of the molecule is CCCCCSc1ccc(C=O)cc1C#N. The molecule has 1 rings (SSSR count). The van der Waals surface area contributed by atoms with Crippen molar-refractivity contribution in [1.82, 2.24) is 0 Å². The van der Waals surface area contributed by atoms with E-state index in [1.54, 1.807) is 23.9 Å². The predicted molar refractivity (Wildman–Crippen MR) is 66.8 cm³/mol. The lowest BCUT2D eigenvalue weighted by Gasteiger charge is -2.03. The number of aldehydes is 1. The molecule has 0 bridgehead atoms. The Bertz CT molecular complexity index is 395. The zero-order chi connectivity index (χ0) is 11.8. The lowest BCUT2D eigenvalue weighted by molar-refractivity contribution is 0.112. The Morgan fingerprint density at radius 3 is 2.88 bits per heavy atom. The molecule has 0 radical (unpaired) electrons. The van der Waals surface area contributed by atoms with Gasteiger partial charge in [-0.2, -0.15) is 5.26 Å². The van der Waals surface area contributed by atoms with Crippen LogP contribution in [-0.4, -0.2) is 12.0 Å². The highest BCUT2D eigenvalue weighted by atomic mass is 32.2. The molecular weight excluding hydrogens is 218 g/mol. The number of nitriles is 1. The van der Waals surface area contributed by atoms with E-state index in [-0.39, 0.29) is 0 Å². The largest absolute Gasteiger partial charge is 0.298 e. The van der Waals surface area contributed by atoms with Crippen molar-refractivity contribution in [2.24, 2.45) is 0 Å². The van der Waals surface area contributed by atoms with Crippen LogP contribution in [0.2, 0.25) is 0 Å². The first-order valence-electron chi connectivity index (χ1n) is 5.44. The van der Waals surface area contributed by atoms with Gasteiger partial charge in [0.2, 0.25) is 0 Å². The molecule has 1 aromatic carbocycles. The zero-order valence-corrected chi connectivity index (χ0v) is 10.2. The molecule has 0 saturated carbocycles. The quantitative estimate of drug-likeness (QED) is 0.428. The average Bonchev–Trinajstić information content (AvgIpc) is 2.34. The molecule has 0 amide bonds. The molecule has 0 heterocycles. The van der Waals surface area contributed by atoms with Crippen molar-refractivity contribution in [2.45, 2.75) is 31.1 Å². The number of unbranched alkanes of at least 4 members (excludes halogenated alkanes) is 2. The maximum atomic E-state index is 10.6. The fraction of sp³-hybridized carbons (Fsp3) is 0.385. The Kier molecular flexibility index (Phi) is 5.66. The van der Waals surface area contributed by atoms with E-state index in [0.29, 0.717) is 11.1 Å². The van der Waals surface area contributed by atoms with E-state index in [9.17, 15) is 4.79 Å². The van der Waals surface area contributed by atoms with Gasteiger partial charge in [0.1, 0.15) is 12.4 Å². The van der Waals surface area contributed by atoms with Crippen LogP contribution in [-0.2, 0) is 0 Å². The summed E-state index contributed by atoms with van der Waals surface area (Å²) in [4.78, 5) is 11.5. The molecule has 0 aromatic heterocycles. The maximum Gasteiger partial charge on any atom is 0.150 e. The third kappa shape index (κ3) is 3.71. The highest BCUT2D eigenvalue weighted by Crippen LogP contribution is 2.24. The van der Waals surface area contributed by atoms with Crippen LogP contribution < -0.4 is 0 Å². The van der Waals surface area contributed by atoms with E-state index in [4.69, 9.17) is 5.26 Å². The monoisotopic (exact) mass is 233 g/mol. The second kappa shape index (κ2) is 7.08. The first-order chi connectivity index (χ1) is 7.81. The van der Waals surface area contributed by atoms with Crippen molar-refractivity contribution >= 4 is 18.0 Å². The van der Waals surface area contributed by atoms with Crippen LogP contribution >= 0.6 is 11.8 Å². The molecule has 1 aromatic rings. The van der Waals surface area contributed by atoms with Crippen molar-refractivity contribution < 1.29 is 4.79 Å². The van der Waals surface area contributed by atoms with E-state index in [2.05, 4.69) is 13.0 Å². The summed E-state index contributed by atoms with van der Waals surface area (Å²) in [6, 6.07) is 7.40. The zero-order valence-electron chi connectivity index (χ0n) is 9.40. The van der Waals surface area contributed by atoms with Crippen LogP contribution in [0.25, 0.3) is 0 Å². The summed E-state index contributed by atoms with van der Waals surface area (Å²) >= 11 is 1.69. The number of carbonyl (C=O) groups excluding carboxylic acids is 1. The molecule has 0 N–H and O–H groups in total. The number of hydrogen-bond acceptors (Lipinski definition) is 3. The van der Waals surface area contributed by atoms with Crippen molar-refractivity contribution in [3.63, 3.8) is 0 Å². The Hall–Kier alpha value is -1.27. The lowest BCUT2D eigenvalue weighted by atomic mass is 10.1. The van der Waals surface area contributed by atoms with Gasteiger partial charge in [-0.15, -0.1) is 11.8 Å². The van der Waals surface area contributed by atoms with E-state index in [1.165, 1.54) is 19.3 Å². The summed E-state index contributed by atoms with van der Waals surface area (Å²) in [5.74, 6) is 1.03. The Balaban J connectivity index is 2.65. The Morgan fingerprint density at radius 2 is 2.25 bits per heavy atom.